The predicted molar refractivity (Wildman–Crippen MR) is 65.5 cm³/mol. The number of aromatic amines is 1. The number of hydrogen-bond donors (Lipinski definition) is 2. The highest BCUT2D eigenvalue weighted by atomic mass is 15.3. The minimum Gasteiger partial charge on any atom is -0.341 e. The molecule has 1 atom stereocenters. The number of nitrogens with zero attached hydrogens (tertiary/aromatic N) is 3. The van der Waals surface area contributed by atoms with Gasteiger partial charge in [-0.15, -0.1) is 0 Å². The summed E-state index contributed by atoms with van der Waals surface area (Å²) in [5, 5.41) is 4.34. The molecule has 0 spiro atoms. The van der Waals surface area contributed by atoms with Crippen molar-refractivity contribution < 1.29 is 0 Å². The number of aryl methyl sites for hydroxylation is 3. The largest absolute Gasteiger partial charge is 0.341 e. The molecular weight excluding hydrogens is 214 g/mol. The van der Waals surface area contributed by atoms with E-state index in [1.165, 1.54) is 11.4 Å². The summed E-state index contributed by atoms with van der Waals surface area (Å²) in [6.07, 6.45) is 4.91. The summed E-state index contributed by atoms with van der Waals surface area (Å²) in [7, 11) is 1.93. The summed E-state index contributed by atoms with van der Waals surface area (Å²) >= 11 is 0. The van der Waals surface area contributed by atoms with E-state index in [4.69, 9.17) is 5.73 Å². The maximum absolute atomic E-state index is 5.97. The van der Waals surface area contributed by atoms with Gasteiger partial charge in [0.25, 0.3) is 0 Å². The van der Waals surface area contributed by atoms with Crippen LogP contribution in [-0.4, -0.2) is 25.8 Å². The monoisotopic (exact) mass is 231 g/mol. The lowest BCUT2D eigenvalue weighted by Gasteiger charge is -2.15. The zero-order chi connectivity index (χ0) is 12.0. The summed E-state index contributed by atoms with van der Waals surface area (Å²) in [4.78, 5) is 8.06. The molecule has 1 aliphatic rings. The molecule has 1 aliphatic carbocycles. The minimum absolute atomic E-state index is 0.269. The molecule has 0 radical (unpaired) electrons. The van der Waals surface area contributed by atoms with Crippen LogP contribution in [0.3, 0.4) is 0 Å². The molecule has 2 heterocycles. The number of imidazole rings is 1. The molecule has 0 saturated carbocycles. The maximum Gasteiger partial charge on any atom is 0.141 e. The van der Waals surface area contributed by atoms with Crippen molar-refractivity contribution >= 4 is 0 Å². The third-order valence-electron chi connectivity index (χ3n) is 3.35. The van der Waals surface area contributed by atoms with Crippen LogP contribution >= 0.6 is 0 Å². The summed E-state index contributed by atoms with van der Waals surface area (Å²) in [6.45, 7) is 2.00. The molecule has 5 heteroatoms. The highest BCUT2D eigenvalue weighted by Crippen LogP contribution is 2.25. The Bertz CT molecular complexity index is 551. The first kappa shape index (κ1) is 10.5. The van der Waals surface area contributed by atoms with Crippen molar-refractivity contribution in [2.24, 2.45) is 12.8 Å². The van der Waals surface area contributed by atoms with Gasteiger partial charge in [0.15, 0.2) is 0 Å². The van der Waals surface area contributed by atoms with Crippen molar-refractivity contribution in [1.82, 2.24) is 19.7 Å². The van der Waals surface area contributed by atoms with Gasteiger partial charge in [-0.3, -0.25) is 4.68 Å². The molecule has 2 aromatic heterocycles. The Hall–Kier alpha value is -1.62. The van der Waals surface area contributed by atoms with E-state index in [0.717, 1.165) is 36.3 Å². The first-order valence-electron chi connectivity index (χ1n) is 5.97. The van der Waals surface area contributed by atoms with Crippen LogP contribution in [0.4, 0.5) is 0 Å². The molecule has 3 N–H and O–H groups in total. The Balaban J connectivity index is 2.02. The summed E-state index contributed by atoms with van der Waals surface area (Å²) in [5.74, 6) is 0.926. The molecule has 2 aromatic rings. The Labute approximate surface area is 100 Å². The second-order valence-electron chi connectivity index (χ2n) is 4.82. The van der Waals surface area contributed by atoms with E-state index < -0.39 is 0 Å². The van der Waals surface area contributed by atoms with Crippen LogP contribution in [0.15, 0.2) is 6.20 Å². The van der Waals surface area contributed by atoms with E-state index >= 15 is 0 Å². The van der Waals surface area contributed by atoms with Gasteiger partial charge in [-0.25, -0.2) is 4.98 Å². The van der Waals surface area contributed by atoms with Crippen LogP contribution < -0.4 is 5.73 Å². The maximum atomic E-state index is 5.97. The van der Waals surface area contributed by atoms with Crippen LogP contribution in [0.2, 0.25) is 0 Å². The molecule has 0 aromatic carbocycles. The quantitative estimate of drug-likeness (QED) is 0.767. The van der Waals surface area contributed by atoms with Crippen molar-refractivity contribution in [2.45, 2.75) is 32.2 Å². The molecule has 90 valence electrons. The fourth-order valence-electron chi connectivity index (χ4n) is 2.47. The molecule has 0 amide bonds. The first-order valence-corrected chi connectivity index (χ1v) is 5.97. The number of nitrogens with one attached hydrogen (secondary N) is 1. The van der Waals surface area contributed by atoms with Gasteiger partial charge in [-0.1, -0.05) is 0 Å². The highest BCUT2D eigenvalue weighted by molar-refractivity contribution is 5.58. The standard InChI is InChI=1S/C12H17N5/c1-7-9(6-17(2)16-7)12-14-10-4-3-8(13)5-11(10)15-12/h6,8H,3-5,13H2,1-2H3,(H,14,15). The molecule has 5 nitrogen and oxygen atoms in total. The van der Waals surface area contributed by atoms with E-state index in [1.54, 1.807) is 0 Å². The number of rotatable bonds is 1. The molecule has 0 fully saturated rings. The van der Waals surface area contributed by atoms with Gasteiger partial charge in [0.05, 0.1) is 17.0 Å². The average molecular weight is 231 g/mol. The number of aromatic nitrogens is 4. The first-order chi connectivity index (χ1) is 8.13. The second-order valence-corrected chi connectivity index (χ2v) is 4.82. The van der Waals surface area contributed by atoms with Crippen LogP contribution in [0.25, 0.3) is 11.4 Å². The molecule has 3 rings (SSSR count). The van der Waals surface area contributed by atoms with Gasteiger partial charge < -0.3 is 10.7 Å². The van der Waals surface area contributed by atoms with E-state index in [1.807, 2.05) is 24.9 Å². The van der Waals surface area contributed by atoms with Gasteiger partial charge in [-0.05, 0) is 19.8 Å². The molecule has 0 saturated heterocycles. The Kier molecular flexibility index (Phi) is 2.29. The van der Waals surface area contributed by atoms with Crippen LogP contribution in [0.1, 0.15) is 23.5 Å². The Morgan fingerprint density at radius 1 is 1.53 bits per heavy atom. The Morgan fingerprint density at radius 3 is 3.06 bits per heavy atom. The van der Waals surface area contributed by atoms with Crippen molar-refractivity contribution in [1.29, 1.82) is 0 Å². The van der Waals surface area contributed by atoms with E-state index in [2.05, 4.69) is 15.1 Å². The van der Waals surface area contributed by atoms with E-state index in [0.29, 0.717) is 0 Å². The van der Waals surface area contributed by atoms with E-state index in [9.17, 15) is 0 Å². The van der Waals surface area contributed by atoms with Crippen molar-refractivity contribution in [2.75, 3.05) is 0 Å². The molecule has 0 aliphatic heterocycles. The number of nitrogens with two attached hydrogens (primary N) is 1. The van der Waals surface area contributed by atoms with Crippen molar-refractivity contribution in [3.8, 4) is 11.4 Å². The number of hydrogen-bond acceptors (Lipinski definition) is 3. The minimum atomic E-state index is 0.269. The third kappa shape index (κ3) is 1.76. The smallest absolute Gasteiger partial charge is 0.141 e. The van der Waals surface area contributed by atoms with Gasteiger partial charge in [0, 0.05) is 31.4 Å². The second kappa shape index (κ2) is 3.70. The van der Waals surface area contributed by atoms with Crippen molar-refractivity contribution in [3.63, 3.8) is 0 Å². The average Bonchev–Trinajstić information content (AvgIpc) is 2.80. The molecular formula is C12H17N5. The third-order valence-corrected chi connectivity index (χ3v) is 3.35. The fourth-order valence-corrected chi connectivity index (χ4v) is 2.47. The van der Waals surface area contributed by atoms with Crippen LogP contribution in [0.5, 0.6) is 0 Å². The lowest BCUT2D eigenvalue weighted by molar-refractivity contribution is 0.565. The van der Waals surface area contributed by atoms with Gasteiger partial charge in [0.2, 0.25) is 0 Å². The Morgan fingerprint density at radius 2 is 2.35 bits per heavy atom. The predicted octanol–water partition coefficient (Wildman–Crippen LogP) is 0.935. The van der Waals surface area contributed by atoms with Crippen LogP contribution in [-0.2, 0) is 19.9 Å². The SMILES string of the molecule is Cc1nn(C)cc1-c1nc2c([nH]1)CC(N)CC2. The highest BCUT2D eigenvalue weighted by Gasteiger charge is 2.21. The zero-order valence-corrected chi connectivity index (χ0v) is 10.2. The normalized spacial score (nSPS) is 19.4. The molecule has 17 heavy (non-hydrogen) atoms. The van der Waals surface area contributed by atoms with Gasteiger partial charge >= 0.3 is 0 Å². The number of fused-ring (bicyclic) bond motifs is 1. The summed E-state index contributed by atoms with van der Waals surface area (Å²) in [5.41, 5.74) is 10.4. The van der Waals surface area contributed by atoms with Gasteiger partial charge in [-0.2, -0.15) is 5.10 Å². The lowest BCUT2D eigenvalue weighted by Crippen LogP contribution is -2.27. The van der Waals surface area contributed by atoms with Gasteiger partial charge in [0.1, 0.15) is 5.82 Å². The topological polar surface area (TPSA) is 72.5 Å². The van der Waals surface area contributed by atoms with Crippen molar-refractivity contribution in [3.05, 3.63) is 23.3 Å². The molecule has 1 unspecified atom stereocenters. The number of H-pyrrole nitrogens is 1. The summed E-state index contributed by atoms with van der Waals surface area (Å²) < 4.78 is 1.82. The van der Waals surface area contributed by atoms with Crippen LogP contribution in [0, 0.1) is 6.92 Å². The zero-order valence-electron chi connectivity index (χ0n) is 10.2. The lowest BCUT2D eigenvalue weighted by atomic mass is 9.97. The molecule has 0 bridgehead atoms. The summed E-state index contributed by atoms with van der Waals surface area (Å²) in [6, 6.07) is 0.269. The van der Waals surface area contributed by atoms with E-state index in [-0.39, 0.29) is 6.04 Å². The fraction of sp³-hybridized carbons (Fsp3) is 0.500.